The second kappa shape index (κ2) is 7.07. The molecule has 0 radical (unpaired) electrons. The molecule has 0 saturated carbocycles. The molecule has 0 aromatic carbocycles. The number of carbonyl (C=O) groups is 1. The number of ketones is 1. The van der Waals surface area contributed by atoms with Crippen molar-refractivity contribution in [2.45, 2.75) is 32.7 Å². The van der Waals surface area contributed by atoms with Crippen LogP contribution in [0.15, 0.2) is 34.2 Å². The van der Waals surface area contributed by atoms with Crippen molar-refractivity contribution in [2.75, 3.05) is 0 Å². The quantitative estimate of drug-likeness (QED) is 0.650. The van der Waals surface area contributed by atoms with Gasteiger partial charge in [0.05, 0.1) is 12.9 Å². The van der Waals surface area contributed by atoms with Gasteiger partial charge in [0.2, 0.25) is 0 Å². The van der Waals surface area contributed by atoms with E-state index in [9.17, 15) is 14.4 Å². The number of carbonyl (C=O) groups excluding carboxylic acids is 1. The maximum atomic E-state index is 12.4. The smallest absolute Gasteiger partial charge is 0.317 e. The van der Waals surface area contributed by atoms with Crippen LogP contribution in [-0.4, -0.2) is 29.5 Å². The standard InChI is InChI=1S/C18H21N5O3/c1-12-7-8-13(19-9-12)5-4-6-14(24)10-23-11-20-16-15(23)17(25)22(3)18(26)21(16)2/h7-9,11H,4-6,10H2,1-3H3. The van der Waals surface area contributed by atoms with Gasteiger partial charge in [-0.15, -0.1) is 0 Å². The highest BCUT2D eigenvalue weighted by atomic mass is 16.2. The summed E-state index contributed by atoms with van der Waals surface area (Å²) in [4.78, 5) is 45.0. The van der Waals surface area contributed by atoms with E-state index in [0.29, 0.717) is 12.8 Å². The van der Waals surface area contributed by atoms with Gasteiger partial charge in [-0.05, 0) is 31.4 Å². The lowest BCUT2D eigenvalue weighted by Gasteiger charge is -2.06. The van der Waals surface area contributed by atoms with E-state index in [4.69, 9.17) is 0 Å². The van der Waals surface area contributed by atoms with Crippen molar-refractivity contribution >= 4 is 16.9 Å². The molecule has 3 aromatic heterocycles. The largest absolute Gasteiger partial charge is 0.332 e. The average Bonchev–Trinajstić information content (AvgIpc) is 3.03. The molecule has 0 amide bonds. The van der Waals surface area contributed by atoms with Gasteiger partial charge in [-0.2, -0.15) is 0 Å². The SMILES string of the molecule is Cc1ccc(CCCC(=O)Cn2cnc3c2c(=O)n(C)c(=O)n3C)nc1. The number of nitrogens with zero attached hydrogens (tertiary/aromatic N) is 5. The predicted molar refractivity (Wildman–Crippen MR) is 97.1 cm³/mol. The van der Waals surface area contributed by atoms with E-state index in [2.05, 4.69) is 9.97 Å². The number of rotatable bonds is 6. The van der Waals surface area contributed by atoms with E-state index in [1.54, 1.807) is 7.05 Å². The number of hydrogen-bond acceptors (Lipinski definition) is 5. The fourth-order valence-corrected chi connectivity index (χ4v) is 2.90. The van der Waals surface area contributed by atoms with Crippen LogP contribution < -0.4 is 11.2 Å². The molecule has 136 valence electrons. The summed E-state index contributed by atoms with van der Waals surface area (Å²) in [6.07, 6.45) is 5.06. The minimum atomic E-state index is -0.447. The van der Waals surface area contributed by atoms with Gasteiger partial charge < -0.3 is 4.57 Å². The second-order valence-corrected chi connectivity index (χ2v) is 6.47. The Labute approximate surface area is 149 Å². The molecule has 26 heavy (non-hydrogen) atoms. The van der Waals surface area contributed by atoms with Gasteiger partial charge in [0.15, 0.2) is 16.9 Å². The first kappa shape index (κ1) is 17.8. The first-order valence-corrected chi connectivity index (χ1v) is 8.42. The number of aryl methyl sites for hydroxylation is 3. The van der Waals surface area contributed by atoms with Crippen molar-refractivity contribution in [3.05, 3.63) is 56.8 Å². The summed E-state index contributed by atoms with van der Waals surface area (Å²) < 4.78 is 3.85. The normalized spacial score (nSPS) is 11.2. The highest BCUT2D eigenvalue weighted by molar-refractivity contribution is 5.80. The highest BCUT2D eigenvalue weighted by Gasteiger charge is 2.15. The van der Waals surface area contributed by atoms with Crippen LogP contribution in [0.4, 0.5) is 0 Å². The van der Waals surface area contributed by atoms with E-state index in [1.165, 1.54) is 22.5 Å². The minimum Gasteiger partial charge on any atom is -0.317 e. The lowest BCUT2D eigenvalue weighted by Crippen LogP contribution is -2.37. The molecule has 0 atom stereocenters. The molecule has 0 unspecified atom stereocenters. The molecular weight excluding hydrogens is 334 g/mol. The maximum absolute atomic E-state index is 12.4. The summed E-state index contributed by atoms with van der Waals surface area (Å²) in [5.74, 6) is 0.00678. The Morgan fingerprint density at radius 1 is 1.12 bits per heavy atom. The zero-order valence-electron chi connectivity index (χ0n) is 15.1. The Hall–Kier alpha value is -3.03. The van der Waals surface area contributed by atoms with Crippen LogP contribution in [0.3, 0.4) is 0 Å². The van der Waals surface area contributed by atoms with Crippen LogP contribution in [0.1, 0.15) is 24.1 Å². The lowest BCUT2D eigenvalue weighted by atomic mass is 10.1. The third-order valence-electron chi connectivity index (χ3n) is 4.43. The molecule has 0 bridgehead atoms. The zero-order chi connectivity index (χ0) is 18.8. The summed E-state index contributed by atoms with van der Waals surface area (Å²) in [6.45, 7) is 2.04. The van der Waals surface area contributed by atoms with Crippen molar-refractivity contribution in [2.24, 2.45) is 14.1 Å². The third-order valence-corrected chi connectivity index (χ3v) is 4.43. The molecular formula is C18H21N5O3. The number of imidazole rings is 1. The molecule has 3 aromatic rings. The number of fused-ring (bicyclic) bond motifs is 1. The van der Waals surface area contributed by atoms with Gasteiger partial charge in [-0.1, -0.05) is 6.07 Å². The highest BCUT2D eigenvalue weighted by Crippen LogP contribution is 2.08. The number of pyridine rings is 1. The van der Waals surface area contributed by atoms with Crippen LogP contribution in [0.2, 0.25) is 0 Å². The second-order valence-electron chi connectivity index (χ2n) is 6.47. The predicted octanol–water partition coefficient (Wildman–Crippen LogP) is 0.729. The zero-order valence-corrected chi connectivity index (χ0v) is 15.1. The molecule has 8 heteroatoms. The first-order valence-electron chi connectivity index (χ1n) is 8.42. The summed E-state index contributed by atoms with van der Waals surface area (Å²) in [5, 5.41) is 0. The molecule has 0 spiro atoms. The number of aromatic nitrogens is 5. The van der Waals surface area contributed by atoms with Gasteiger partial charge in [0.1, 0.15) is 0 Å². The summed E-state index contributed by atoms with van der Waals surface area (Å²) in [5.41, 5.74) is 1.73. The summed E-state index contributed by atoms with van der Waals surface area (Å²) in [7, 11) is 2.97. The first-order chi connectivity index (χ1) is 12.4. The third kappa shape index (κ3) is 3.35. The van der Waals surface area contributed by atoms with Gasteiger partial charge in [0, 0.05) is 32.4 Å². The van der Waals surface area contributed by atoms with Crippen LogP contribution in [0.25, 0.3) is 11.2 Å². The van der Waals surface area contributed by atoms with Crippen molar-refractivity contribution < 1.29 is 4.79 Å². The van der Waals surface area contributed by atoms with Gasteiger partial charge in [-0.3, -0.25) is 23.7 Å². The summed E-state index contributed by atoms with van der Waals surface area (Å²) in [6, 6.07) is 3.97. The monoisotopic (exact) mass is 355 g/mol. The number of Topliss-reactive ketones (excluding diaryl/α,β-unsaturated/α-hetero) is 1. The number of hydrogen-bond donors (Lipinski definition) is 0. The Morgan fingerprint density at radius 2 is 1.88 bits per heavy atom. The molecule has 8 nitrogen and oxygen atoms in total. The fraction of sp³-hybridized carbons (Fsp3) is 0.389. The lowest BCUT2D eigenvalue weighted by molar-refractivity contribution is -0.119. The topological polar surface area (TPSA) is 91.8 Å². The molecule has 0 aliphatic rings. The fourth-order valence-electron chi connectivity index (χ4n) is 2.90. The van der Waals surface area contributed by atoms with Crippen LogP contribution in [0, 0.1) is 6.92 Å². The van der Waals surface area contributed by atoms with Crippen molar-refractivity contribution in [3.8, 4) is 0 Å². The molecule has 0 aliphatic carbocycles. The molecule has 0 fully saturated rings. The molecule has 0 aliphatic heterocycles. The van der Waals surface area contributed by atoms with Gasteiger partial charge in [0.25, 0.3) is 5.56 Å². The van der Waals surface area contributed by atoms with Gasteiger partial charge in [-0.25, -0.2) is 9.78 Å². The van der Waals surface area contributed by atoms with E-state index in [-0.39, 0.29) is 23.5 Å². The van der Waals surface area contributed by atoms with Crippen LogP contribution in [-0.2, 0) is 31.9 Å². The van der Waals surface area contributed by atoms with Crippen molar-refractivity contribution in [1.29, 1.82) is 0 Å². The Morgan fingerprint density at radius 3 is 2.58 bits per heavy atom. The van der Waals surface area contributed by atoms with E-state index < -0.39 is 11.2 Å². The van der Waals surface area contributed by atoms with E-state index in [0.717, 1.165) is 22.2 Å². The average molecular weight is 355 g/mol. The Bertz CT molecular complexity index is 1070. The van der Waals surface area contributed by atoms with Gasteiger partial charge >= 0.3 is 5.69 Å². The van der Waals surface area contributed by atoms with E-state index >= 15 is 0 Å². The minimum absolute atomic E-state index is 0.00678. The molecule has 0 N–H and O–H groups in total. The molecule has 0 saturated heterocycles. The Kier molecular flexibility index (Phi) is 4.83. The van der Waals surface area contributed by atoms with Crippen molar-refractivity contribution in [1.82, 2.24) is 23.7 Å². The Balaban J connectivity index is 1.71. The van der Waals surface area contributed by atoms with Crippen LogP contribution in [0.5, 0.6) is 0 Å². The maximum Gasteiger partial charge on any atom is 0.332 e. The van der Waals surface area contributed by atoms with Crippen molar-refractivity contribution in [3.63, 3.8) is 0 Å². The van der Waals surface area contributed by atoms with Crippen LogP contribution >= 0.6 is 0 Å². The summed E-state index contributed by atoms with van der Waals surface area (Å²) >= 11 is 0. The molecule has 3 rings (SSSR count). The molecule has 3 heterocycles. The van der Waals surface area contributed by atoms with E-state index in [1.807, 2.05) is 25.3 Å².